The number of hydrogen-bond donors (Lipinski definition) is 1. The Balaban J connectivity index is 2.02. The summed E-state index contributed by atoms with van der Waals surface area (Å²) in [7, 11) is 0. The van der Waals surface area contributed by atoms with E-state index in [0.717, 1.165) is 10.8 Å². The van der Waals surface area contributed by atoms with E-state index in [4.69, 9.17) is 0 Å². The number of aromatic nitrogens is 2. The molecule has 0 atom stereocenters. The van der Waals surface area contributed by atoms with Gasteiger partial charge in [0.2, 0.25) is 11.0 Å². The molecule has 0 unspecified atom stereocenters. The number of carbonyl (C=O) groups excluding carboxylic acids is 1. The van der Waals surface area contributed by atoms with Crippen LogP contribution in [-0.4, -0.2) is 20.6 Å². The molecule has 1 N–H and O–H groups in total. The SMILES string of the molecule is C=CCn1c(O)c(C2=c3cc(C)ccc3=NC2=O)s/c1=N/c1nccs1. The number of carbonyl (C=O) groups is 1. The summed E-state index contributed by atoms with van der Waals surface area (Å²) >= 11 is 2.64. The highest BCUT2D eigenvalue weighted by molar-refractivity contribution is 7.13. The summed E-state index contributed by atoms with van der Waals surface area (Å²) in [5, 5.41) is 14.5. The second kappa shape index (κ2) is 6.47. The highest BCUT2D eigenvalue weighted by Crippen LogP contribution is 2.29. The van der Waals surface area contributed by atoms with Gasteiger partial charge in [-0.15, -0.1) is 17.9 Å². The van der Waals surface area contributed by atoms with Gasteiger partial charge in [0, 0.05) is 23.3 Å². The van der Waals surface area contributed by atoms with Gasteiger partial charge in [-0.2, -0.15) is 4.99 Å². The Kier molecular flexibility index (Phi) is 4.14. The van der Waals surface area contributed by atoms with Crippen molar-refractivity contribution in [3.05, 3.63) is 68.2 Å². The largest absolute Gasteiger partial charge is 0.493 e. The minimum Gasteiger partial charge on any atom is -0.493 e. The summed E-state index contributed by atoms with van der Waals surface area (Å²) < 4.78 is 1.61. The van der Waals surface area contributed by atoms with Crippen molar-refractivity contribution in [2.24, 2.45) is 9.98 Å². The van der Waals surface area contributed by atoms with Gasteiger partial charge in [0.1, 0.15) is 4.88 Å². The fourth-order valence-corrected chi connectivity index (χ4v) is 4.39. The standard InChI is InChI=1S/C18H14N4O2S2/c1-3-7-22-16(24)14(26-18(22)21-17-19-6-8-25-17)13-11-9-10(2)4-5-12(11)20-15(13)23/h3-6,8-9,24H,1,7H2,2H3/b21-18+. The molecular weight excluding hydrogens is 368 g/mol. The van der Waals surface area contributed by atoms with E-state index in [1.807, 2.05) is 30.5 Å². The van der Waals surface area contributed by atoms with E-state index >= 15 is 0 Å². The average Bonchev–Trinajstić information content (AvgIpc) is 3.29. The number of rotatable bonds is 4. The van der Waals surface area contributed by atoms with Crippen molar-refractivity contribution in [1.29, 1.82) is 0 Å². The molecule has 3 aromatic rings. The lowest BCUT2D eigenvalue weighted by Crippen LogP contribution is -2.23. The first-order chi connectivity index (χ1) is 12.6. The number of aryl methyl sites for hydroxylation is 1. The zero-order chi connectivity index (χ0) is 18.3. The Morgan fingerprint density at radius 3 is 3.00 bits per heavy atom. The molecule has 0 saturated carbocycles. The zero-order valence-electron chi connectivity index (χ0n) is 13.8. The summed E-state index contributed by atoms with van der Waals surface area (Å²) in [6.45, 7) is 6.05. The molecule has 0 bridgehead atoms. The van der Waals surface area contributed by atoms with Crippen LogP contribution >= 0.6 is 22.7 Å². The molecular formula is C18H14N4O2S2. The zero-order valence-corrected chi connectivity index (χ0v) is 15.5. The fraction of sp³-hybridized carbons (Fsp3) is 0.111. The Labute approximate surface area is 156 Å². The third kappa shape index (κ3) is 2.73. The molecule has 0 radical (unpaired) electrons. The molecule has 3 heterocycles. The maximum absolute atomic E-state index is 12.5. The lowest BCUT2D eigenvalue weighted by molar-refractivity contribution is -0.112. The molecule has 0 saturated heterocycles. The first-order valence-electron chi connectivity index (χ1n) is 7.80. The first-order valence-corrected chi connectivity index (χ1v) is 9.50. The molecule has 1 aliphatic heterocycles. The van der Waals surface area contributed by atoms with Crippen molar-refractivity contribution in [1.82, 2.24) is 9.55 Å². The van der Waals surface area contributed by atoms with Crippen molar-refractivity contribution in [3.63, 3.8) is 0 Å². The number of allylic oxidation sites excluding steroid dienone is 1. The molecule has 26 heavy (non-hydrogen) atoms. The van der Waals surface area contributed by atoms with Gasteiger partial charge in [0.25, 0.3) is 5.91 Å². The van der Waals surface area contributed by atoms with Gasteiger partial charge in [-0.1, -0.05) is 29.0 Å². The van der Waals surface area contributed by atoms with Crippen LogP contribution < -0.4 is 15.4 Å². The van der Waals surface area contributed by atoms with Crippen LogP contribution in [0.15, 0.2) is 52.4 Å². The van der Waals surface area contributed by atoms with Crippen molar-refractivity contribution < 1.29 is 9.90 Å². The van der Waals surface area contributed by atoms with Crippen LogP contribution in [0.1, 0.15) is 10.4 Å². The van der Waals surface area contributed by atoms with Crippen LogP contribution in [0.3, 0.4) is 0 Å². The molecule has 0 spiro atoms. The minimum absolute atomic E-state index is 0.0156. The monoisotopic (exact) mass is 382 g/mol. The summed E-state index contributed by atoms with van der Waals surface area (Å²) in [5.74, 6) is -0.369. The van der Waals surface area contributed by atoms with Crippen molar-refractivity contribution in [3.8, 4) is 5.88 Å². The normalized spacial score (nSPS) is 13.8. The van der Waals surface area contributed by atoms with Gasteiger partial charge in [0.05, 0.1) is 10.9 Å². The topological polar surface area (TPSA) is 79.8 Å². The van der Waals surface area contributed by atoms with Gasteiger partial charge in [-0.3, -0.25) is 9.36 Å². The highest BCUT2D eigenvalue weighted by atomic mass is 32.1. The van der Waals surface area contributed by atoms with Crippen LogP contribution in [0.25, 0.3) is 5.57 Å². The van der Waals surface area contributed by atoms with E-state index in [9.17, 15) is 9.90 Å². The molecule has 0 fully saturated rings. The van der Waals surface area contributed by atoms with Gasteiger partial charge in [-0.05, 0) is 19.1 Å². The number of benzene rings is 1. The Morgan fingerprint density at radius 2 is 2.27 bits per heavy atom. The molecule has 4 rings (SSSR count). The number of amides is 1. The Morgan fingerprint density at radius 1 is 1.42 bits per heavy atom. The second-order valence-electron chi connectivity index (χ2n) is 5.68. The lowest BCUT2D eigenvalue weighted by atomic mass is 10.1. The van der Waals surface area contributed by atoms with Crippen molar-refractivity contribution in [2.75, 3.05) is 0 Å². The summed E-state index contributed by atoms with van der Waals surface area (Å²) in [6.07, 6.45) is 3.34. The van der Waals surface area contributed by atoms with Crippen LogP contribution in [-0.2, 0) is 11.3 Å². The van der Waals surface area contributed by atoms with Crippen LogP contribution in [0.4, 0.5) is 5.13 Å². The molecule has 0 aliphatic carbocycles. The first kappa shape index (κ1) is 16.6. The molecule has 2 aromatic heterocycles. The summed E-state index contributed by atoms with van der Waals surface area (Å²) in [5.41, 5.74) is 1.43. The van der Waals surface area contributed by atoms with E-state index in [-0.39, 0.29) is 11.8 Å². The fourth-order valence-electron chi connectivity index (χ4n) is 2.75. The van der Waals surface area contributed by atoms with E-state index in [0.29, 0.717) is 32.3 Å². The summed E-state index contributed by atoms with van der Waals surface area (Å²) in [4.78, 5) is 26.3. The Hall–Kier alpha value is -2.84. The van der Waals surface area contributed by atoms with Crippen LogP contribution in [0.2, 0.25) is 0 Å². The number of thiazole rings is 2. The van der Waals surface area contributed by atoms with Gasteiger partial charge in [-0.25, -0.2) is 9.98 Å². The van der Waals surface area contributed by atoms with Gasteiger partial charge in [0.15, 0.2) is 4.80 Å². The third-order valence-electron chi connectivity index (χ3n) is 3.89. The highest BCUT2D eigenvalue weighted by Gasteiger charge is 2.25. The maximum Gasteiger partial charge on any atom is 0.279 e. The minimum atomic E-state index is -0.353. The van der Waals surface area contributed by atoms with Gasteiger partial charge < -0.3 is 5.11 Å². The number of aromatic hydroxyl groups is 1. The lowest BCUT2D eigenvalue weighted by Gasteiger charge is -2.02. The molecule has 130 valence electrons. The second-order valence-corrected chi connectivity index (χ2v) is 7.53. The number of nitrogens with zero attached hydrogens (tertiary/aromatic N) is 4. The van der Waals surface area contributed by atoms with Crippen molar-refractivity contribution >= 4 is 39.3 Å². The molecule has 1 aromatic carbocycles. The average molecular weight is 382 g/mol. The molecule has 8 heteroatoms. The number of fused-ring (bicyclic) bond motifs is 1. The molecule has 1 amide bonds. The quantitative estimate of drug-likeness (QED) is 0.699. The maximum atomic E-state index is 12.5. The van der Waals surface area contributed by atoms with E-state index < -0.39 is 0 Å². The van der Waals surface area contributed by atoms with E-state index in [1.54, 1.807) is 16.8 Å². The number of hydrogen-bond acceptors (Lipinski definition) is 6. The predicted octanol–water partition coefficient (Wildman–Crippen LogP) is 1.80. The van der Waals surface area contributed by atoms with Crippen LogP contribution in [0.5, 0.6) is 5.88 Å². The van der Waals surface area contributed by atoms with E-state index in [2.05, 4.69) is 21.5 Å². The third-order valence-corrected chi connectivity index (χ3v) is 5.64. The van der Waals surface area contributed by atoms with Gasteiger partial charge >= 0.3 is 0 Å². The molecule has 1 aliphatic rings. The predicted molar refractivity (Wildman–Crippen MR) is 101 cm³/mol. The van der Waals surface area contributed by atoms with E-state index in [1.165, 1.54) is 22.7 Å². The summed E-state index contributed by atoms with van der Waals surface area (Å²) in [6, 6.07) is 5.64. The molecule has 6 nitrogen and oxygen atoms in total. The van der Waals surface area contributed by atoms with Crippen molar-refractivity contribution in [2.45, 2.75) is 13.5 Å². The smallest absolute Gasteiger partial charge is 0.279 e. The Bertz CT molecular complexity index is 1220. The van der Waals surface area contributed by atoms with Crippen LogP contribution in [0, 0.1) is 6.92 Å².